The van der Waals surface area contributed by atoms with Crippen molar-refractivity contribution in [2.75, 3.05) is 26.3 Å². The zero-order valence-corrected chi connectivity index (χ0v) is 7.16. The largest absolute Gasteiger partial charge is 0.395 e. The number of hydrogen-bond acceptors (Lipinski definition) is 5. The normalized spacial score (nSPS) is 12.3. The van der Waals surface area contributed by atoms with Gasteiger partial charge in [-0.2, -0.15) is 8.42 Å². The molecule has 0 rings (SSSR count). The molecule has 0 radical (unpaired) electrons. The molecule has 0 aliphatic heterocycles. The predicted octanol–water partition coefficient (Wildman–Crippen LogP) is -2.42. The third-order valence-electron chi connectivity index (χ3n) is 0.984. The Morgan fingerprint density at radius 1 is 1.17 bits per heavy atom. The van der Waals surface area contributed by atoms with Crippen LogP contribution in [0.25, 0.3) is 0 Å². The molecule has 0 unspecified atom stereocenters. The highest BCUT2D eigenvalue weighted by Crippen LogP contribution is 1.83. The smallest absolute Gasteiger partial charge is 0.346 e. The predicted molar refractivity (Wildman–Crippen MR) is 40.4 cm³/mol. The van der Waals surface area contributed by atoms with E-state index in [0.717, 1.165) is 5.01 Å². The Morgan fingerprint density at radius 3 is 1.83 bits per heavy atom. The maximum atomic E-state index is 10.2. The van der Waals surface area contributed by atoms with Gasteiger partial charge in [-0.15, -0.1) is 4.83 Å². The molecule has 7 nitrogen and oxygen atoms in total. The average Bonchev–Trinajstić information content (AvgIpc) is 1.84. The molecule has 0 aromatic rings. The van der Waals surface area contributed by atoms with Crippen molar-refractivity contribution in [2.24, 2.45) is 0 Å². The standard InChI is InChI=1S/C4H12N2O5S/c7-3-1-6(2-4-8)5-12(9,10)11/h5,7-8H,1-4H2,(H,9,10,11). The number of hydrazine groups is 1. The van der Waals surface area contributed by atoms with Crippen LogP contribution in [0, 0.1) is 0 Å². The Hall–Kier alpha value is -0.250. The Morgan fingerprint density at radius 2 is 1.58 bits per heavy atom. The first-order chi connectivity index (χ1) is 5.49. The van der Waals surface area contributed by atoms with Crippen LogP contribution in [-0.4, -0.2) is 54.5 Å². The van der Waals surface area contributed by atoms with Crippen LogP contribution in [0.3, 0.4) is 0 Å². The molecule has 0 amide bonds. The highest BCUT2D eigenvalue weighted by atomic mass is 32.2. The summed E-state index contributed by atoms with van der Waals surface area (Å²) in [7, 11) is -4.31. The highest BCUT2D eigenvalue weighted by Gasteiger charge is 2.10. The molecular weight excluding hydrogens is 188 g/mol. The second-order valence-corrected chi connectivity index (χ2v) is 3.13. The SMILES string of the molecule is O=S(=O)(O)NN(CCO)CCO. The van der Waals surface area contributed by atoms with Crippen LogP contribution in [0.15, 0.2) is 0 Å². The maximum absolute atomic E-state index is 10.2. The van der Waals surface area contributed by atoms with Gasteiger partial charge in [-0.25, -0.2) is 5.01 Å². The lowest BCUT2D eigenvalue weighted by Gasteiger charge is -2.18. The van der Waals surface area contributed by atoms with Gasteiger partial charge in [-0.3, -0.25) is 4.55 Å². The van der Waals surface area contributed by atoms with E-state index < -0.39 is 10.3 Å². The van der Waals surface area contributed by atoms with Crippen molar-refractivity contribution >= 4 is 10.3 Å². The fourth-order valence-electron chi connectivity index (χ4n) is 0.608. The number of nitrogens with zero attached hydrogens (tertiary/aromatic N) is 1. The number of nitrogens with one attached hydrogen (secondary N) is 1. The molecule has 0 atom stereocenters. The molecule has 0 saturated carbocycles. The van der Waals surface area contributed by atoms with E-state index in [1.54, 1.807) is 4.83 Å². The van der Waals surface area contributed by atoms with E-state index in [2.05, 4.69) is 0 Å². The summed E-state index contributed by atoms with van der Waals surface area (Å²) in [6.45, 7) is -0.550. The molecule has 0 spiro atoms. The van der Waals surface area contributed by atoms with Crippen molar-refractivity contribution in [3.63, 3.8) is 0 Å². The van der Waals surface area contributed by atoms with Gasteiger partial charge >= 0.3 is 10.3 Å². The Bertz CT molecular complexity index is 197. The van der Waals surface area contributed by atoms with E-state index in [4.69, 9.17) is 14.8 Å². The Balaban J connectivity index is 3.95. The van der Waals surface area contributed by atoms with Crippen molar-refractivity contribution in [1.82, 2.24) is 9.84 Å². The summed E-state index contributed by atoms with van der Waals surface area (Å²) < 4.78 is 28.8. The maximum Gasteiger partial charge on any atom is 0.346 e. The van der Waals surface area contributed by atoms with E-state index >= 15 is 0 Å². The first-order valence-corrected chi connectivity index (χ1v) is 4.65. The van der Waals surface area contributed by atoms with Crippen molar-refractivity contribution in [2.45, 2.75) is 0 Å². The van der Waals surface area contributed by atoms with Crippen molar-refractivity contribution < 1.29 is 23.2 Å². The first-order valence-electron chi connectivity index (χ1n) is 3.21. The third-order valence-corrected chi connectivity index (χ3v) is 1.47. The summed E-state index contributed by atoms with van der Waals surface area (Å²) in [5.74, 6) is 0. The minimum atomic E-state index is -4.31. The van der Waals surface area contributed by atoms with Gasteiger partial charge in [-0.05, 0) is 0 Å². The van der Waals surface area contributed by atoms with Crippen LogP contribution in [-0.2, 0) is 10.3 Å². The molecular formula is C4H12N2O5S. The lowest BCUT2D eigenvalue weighted by Crippen LogP contribution is -2.44. The second-order valence-electron chi connectivity index (χ2n) is 2.00. The van der Waals surface area contributed by atoms with Crippen LogP contribution in [0.1, 0.15) is 0 Å². The molecule has 0 bridgehead atoms. The van der Waals surface area contributed by atoms with Gasteiger partial charge in [0.1, 0.15) is 0 Å². The summed E-state index contributed by atoms with van der Waals surface area (Å²) in [5, 5.41) is 17.8. The summed E-state index contributed by atoms with van der Waals surface area (Å²) in [5.41, 5.74) is 0. The van der Waals surface area contributed by atoms with Gasteiger partial charge in [0.25, 0.3) is 0 Å². The highest BCUT2D eigenvalue weighted by molar-refractivity contribution is 7.83. The van der Waals surface area contributed by atoms with Gasteiger partial charge in [0.2, 0.25) is 0 Å². The number of aliphatic hydroxyl groups excluding tert-OH is 2. The van der Waals surface area contributed by atoms with Crippen LogP contribution < -0.4 is 4.83 Å². The molecule has 4 N–H and O–H groups in total. The van der Waals surface area contributed by atoms with E-state index in [1.807, 2.05) is 0 Å². The first kappa shape index (κ1) is 11.8. The van der Waals surface area contributed by atoms with Crippen molar-refractivity contribution in [3.05, 3.63) is 0 Å². The molecule has 74 valence electrons. The van der Waals surface area contributed by atoms with Gasteiger partial charge in [0.15, 0.2) is 0 Å². The van der Waals surface area contributed by atoms with Crippen LogP contribution in [0.4, 0.5) is 0 Å². The number of rotatable bonds is 6. The van der Waals surface area contributed by atoms with Crippen molar-refractivity contribution in [1.29, 1.82) is 0 Å². The zero-order valence-electron chi connectivity index (χ0n) is 6.34. The fraction of sp³-hybridized carbons (Fsp3) is 1.00. The van der Waals surface area contributed by atoms with Gasteiger partial charge in [0, 0.05) is 13.1 Å². The molecule has 0 saturated heterocycles. The number of aliphatic hydroxyl groups is 2. The lowest BCUT2D eigenvalue weighted by atomic mass is 10.6. The third kappa shape index (κ3) is 6.46. The molecule has 0 aliphatic carbocycles. The summed E-state index contributed by atoms with van der Waals surface area (Å²) in [4.78, 5) is 1.70. The minimum absolute atomic E-state index is 0.000347. The van der Waals surface area contributed by atoms with E-state index in [0.29, 0.717) is 0 Å². The molecule has 12 heavy (non-hydrogen) atoms. The van der Waals surface area contributed by atoms with E-state index in [9.17, 15) is 8.42 Å². The molecule has 0 aliphatic rings. The zero-order chi connectivity index (χ0) is 9.61. The van der Waals surface area contributed by atoms with Gasteiger partial charge < -0.3 is 10.2 Å². The monoisotopic (exact) mass is 200 g/mol. The molecule has 0 heterocycles. The summed E-state index contributed by atoms with van der Waals surface area (Å²) in [6, 6.07) is 0. The van der Waals surface area contributed by atoms with Gasteiger partial charge in [-0.1, -0.05) is 0 Å². The lowest BCUT2D eigenvalue weighted by molar-refractivity contribution is 0.140. The van der Waals surface area contributed by atoms with Crippen LogP contribution in [0.2, 0.25) is 0 Å². The molecule has 0 aromatic heterocycles. The second kappa shape index (κ2) is 5.41. The fourth-order valence-corrected chi connectivity index (χ4v) is 1.12. The van der Waals surface area contributed by atoms with Crippen LogP contribution >= 0.6 is 0 Å². The molecule has 0 fully saturated rings. The average molecular weight is 200 g/mol. The minimum Gasteiger partial charge on any atom is -0.395 e. The Labute approximate surface area is 70.5 Å². The molecule has 8 heteroatoms. The molecule has 0 aromatic carbocycles. The van der Waals surface area contributed by atoms with Crippen LogP contribution in [0.5, 0.6) is 0 Å². The quantitative estimate of drug-likeness (QED) is 0.280. The summed E-state index contributed by atoms with van der Waals surface area (Å²) in [6.07, 6.45) is 0. The topological polar surface area (TPSA) is 110 Å². The Kier molecular flexibility index (Phi) is 5.29. The van der Waals surface area contributed by atoms with E-state index in [1.165, 1.54) is 0 Å². The number of hydrogen-bond donors (Lipinski definition) is 4. The van der Waals surface area contributed by atoms with Crippen molar-refractivity contribution in [3.8, 4) is 0 Å². The summed E-state index contributed by atoms with van der Waals surface area (Å²) >= 11 is 0. The van der Waals surface area contributed by atoms with Gasteiger partial charge in [0.05, 0.1) is 13.2 Å². The van der Waals surface area contributed by atoms with E-state index in [-0.39, 0.29) is 26.3 Å².